The number of aryl methyl sites for hydroxylation is 1. The Balaban J connectivity index is 0. The molecule has 0 radical (unpaired) electrons. The molecular weight excluding hydrogens is 187 g/mol. The second-order valence-electron chi connectivity index (χ2n) is 2.09. The van der Waals surface area contributed by atoms with Crippen molar-refractivity contribution in [3.8, 4) is 0 Å². The third-order valence-corrected chi connectivity index (χ3v) is 1.15. The van der Waals surface area contributed by atoms with Crippen molar-refractivity contribution in [1.29, 1.82) is 0 Å². The van der Waals surface area contributed by atoms with Crippen LogP contribution in [0.4, 0.5) is 0 Å². The summed E-state index contributed by atoms with van der Waals surface area (Å²) in [5.74, 6) is 0.815. The van der Waals surface area contributed by atoms with Crippen LogP contribution in [0.25, 0.3) is 0 Å². The van der Waals surface area contributed by atoms with Crippen molar-refractivity contribution in [2.75, 3.05) is 0 Å². The van der Waals surface area contributed by atoms with Crippen LogP contribution in [0.3, 0.4) is 0 Å². The van der Waals surface area contributed by atoms with E-state index in [1.165, 1.54) is 0 Å². The van der Waals surface area contributed by atoms with Gasteiger partial charge in [0.25, 0.3) is 0 Å². The minimum absolute atomic E-state index is 0. The number of hydrogen-bond acceptors (Lipinski definition) is 3. The second-order valence-corrected chi connectivity index (χ2v) is 2.09. The molecule has 1 atom stereocenters. The van der Waals surface area contributed by atoms with E-state index in [0.29, 0.717) is 0 Å². The highest BCUT2D eigenvalue weighted by Gasteiger charge is 2.03. The lowest BCUT2D eigenvalue weighted by molar-refractivity contribution is 0.684. The van der Waals surface area contributed by atoms with Crippen molar-refractivity contribution >= 4 is 24.8 Å². The van der Waals surface area contributed by atoms with Crippen LogP contribution in [0.15, 0.2) is 6.33 Å². The number of rotatable bonds is 1. The molecule has 66 valence electrons. The maximum atomic E-state index is 5.54. The maximum absolute atomic E-state index is 5.54. The van der Waals surface area contributed by atoms with Crippen LogP contribution in [-0.2, 0) is 7.05 Å². The van der Waals surface area contributed by atoms with E-state index in [1.807, 2.05) is 18.5 Å². The average molecular weight is 199 g/mol. The van der Waals surface area contributed by atoms with E-state index in [2.05, 4.69) is 10.2 Å². The van der Waals surface area contributed by atoms with Gasteiger partial charge in [-0.2, -0.15) is 0 Å². The zero-order valence-corrected chi connectivity index (χ0v) is 8.02. The molecule has 1 heterocycles. The summed E-state index contributed by atoms with van der Waals surface area (Å²) in [5, 5.41) is 7.48. The highest BCUT2D eigenvalue weighted by molar-refractivity contribution is 5.85. The predicted molar refractivity (Wildman–Crippen MR) is 48.1 cm³/mol. The summed E-state index contributed by atoms with van der Waals surface area (Å²) in [6, 6.07) is -0.0301. The largest absolute Gasteiger partial charge is 0.322 e. The van der Waals surface area contributed by atoms with Crippen molar-refractivity contribution in [1.82, 2.24) is 14.8 Å². The summed E-state index contributed by atoms with van der Waals surface area (Å²) in [4.78, 5) is 0. The van der Waals surface area contributed by atoms with Crippen molar-refractivity contribution in [3.05, 3.63) is 12.2 Å². The standard InChI is InChI=1S/C5H10N4.2ClH/c1-4(6)5-8-7-3-9(5)2;;/h3-4H,6H2,1-2H3;2*1H. The Hall–Kier alpha value is -0.320. The van der Waals surface area contributed by atoms with E-state index in [9.17, 15) is 0 Å². The molecule has 1 aromatic heterocycles. The average Bonchev–Trinajstić information content (AvgIpc) is 2.13. The van der Waals surface area contributed by atoms with Crippen molar-refractivity contribution in [2.45, 2.75) is 13.0 Å². The molecule has 4 nitrogen and oxygen atoms in total. The Bertz CT molecular complexity index is 198. The number of hydrogen-bond donors (Lipinski definition) is 1. The maximum Gasteiger partial charge on any atom is 0.149 e. The third kappa shape index (κ3) is 3.05. The molecule has 0 fully saturated rings. The van der Waals surface area contributed by atoms with Gasteiger partial charge < -0.3 is 10.3 Å². The highest BCUT2D eigenvalue weighted by Crippen LogP contribution is 2.01. The van der Waals surface area contributed by atoms with Gasteiger partial charge in [0.1, 0.15) is 12.2 Å². The predicted octanol–water partition coefficient (Wildman–Crippen LogP) is 0.678. The first-order valence-corrected chi connectivity index (χ1v) is 2.81. The molecule has 0 aliphatic heterocycles. The van der Waals surface area contributed by atoms with Gasteiger partial charge in [-0.05, 0) is 6.92 Å². The second kappa shape index (κ2) is 5.35. The Labute approximate surface area is 78.0 Å². The molecule has 0 aromatic carbocycles. The van der Waals surface area contributed by atoms with Crippen LogP contribution in [-0.4, -0.2) is 14.8 Å². The summed E-state index contributed by atoms with van der Waals surface area (Å²) in [7, 11) is 1.87. The number of nitrogens with two attached hydrogens (primary N) is 1. The van der Waals surface area contributed by atoms with Crippen LogP contribution in [0, 0.1) is 0 Å². The van der Waals surface area contributed by atoms with E-state index in [-0.39, 0.29) is 30.9 Å². The SMILES string of the molecule is CC(N)c1nncn1C.Cl.Cl. The van der Waals surface area contributed by atoms with Crippen molar-refractivity contribution in [2.24, 2.45) is 12.8 Å². The van der Waals surface area contributed by atoms with Gasteiger partial charge >= 0.3 is 0 Å². The summed E-state index contributed by atoms with van der Waals surface area (Å²) in [6.07, 6.45) is 1.64. The summed E-state index contributed by atoms with van der Waals surface area (Å²) >= 11 is 0. The van der Waals surface area contributed by atoms with Crippen LogP contribution in [0.2, 0.25) is 0 Å². The Morgan fingerprint density at radius 3 is 2.27 bits per heavy atom. The Morgan fingerprint density at radius 2 is 2.09 bits per heavy atom. The van der Waals surface area contributed by atoms with E-state index in [1.54, 1.807) is 6.33 Å². The van der Waals surface area contributed by atoms with Gasteiger partial charge in [-0.15, -0.1) is 35.0 Å². The zero-order chi connectivity index (χ0) is 6.85. The van der Waals surface area contributed by atoms with Crippen molar-refractivity contribution in [3.63, 3.8) is 0 Å². The van der Waals surface area contributed by atoms with Gasteiger partial charge in [0.2, 0.25) is 0 Å². The molecule has 0 amide bonds. The Kier molecular flexibility index (Phi) is 6.46. The summed E-state index contributed by atoms with van der Waals surface area (Å²) < 4.78 is 1.81. The summed E-state index contributed by atoms with van der Waals surface area (Å²) in [6.45, 7) is 1.88. The fourth-order valence-electron chi connectivity index (χ4n) is 0.704. The molecule has 2 N–H and O–H groups in total. The molecule has 1 aromatic rings. The van der Waals surface area contributed by atoms with Crippen LogP contribution in [0.5, 0.6) is 0 Å². The fourth-order valence-corrected chi connectivity index (χ4v) is 0.704. The number of nitrogens with zero attached hydrogens (tertiary/aromatic N) is 3. The lowest BCUT2D eigenvalue weighted by Gasteiger charge is -2.00. The van der Waals surface area contributed by atoms with E-state index >= 15 is 0 Å². The molecular formula is C5H12Cl2N4. The number of halogens is 2. The molecule has 11 heavy (non-hydrogen) atoms. The normalized spacial score (nSPS) is 11.2. The lowest BCUT2D eigenvalue weighted by Crippen LogP contribution is -2.10. The van der Waals surface area contributed by atoms with Crippen LogP contribution < -0.4 is 5.73 Å². The van der Waals surface area contributed by atoms with E-state index < -0.39 is 0 Å². The van der Waals surface area contributed by atoms with Gasteiger partial charge in [0.15, 0.2) is 0 Å². The first-order chi connectivity index (χ1) is 4.22. The van der Waals surface area contributed by atoms with Gasteiger partial charge in [0.05, 0.1) is 6.04 Å². The summed E-state index contributed by atoms with van der Waals surface area (Å²) in [5.41, 5.74) is 5.54. The van der Waals surface area contributed by atoms with Gasteiger partial charge in [-0.1, -0.05) is 0 Å². The van der Waals surface area contributed by atoms with Gasteiger partial charge in [0, 0.05) is 7.05 Å². The molecule has 0 saturated carbocycles. The molecule has 0 bridgehead atoms. The first kappa shape index (κ1) is 13.3. The molecule has 0 spiro atoms. The topological polar surface area (TPSA) is 56.7 Å². The third-order valence-electron chi connectivity index (χ3n) is 1.15. The van der Waals surface area contributed by atoms with Crippen LogP contribution in [0.1, 0.15) is 18.8 Å². The van der Waals surface area contributed by atoms with Gasteiger partial charge in [-0.25, -0.2) is 0 Å². The van der Waals surface area contributed by atoms with Crippen LogP contribution >= 0.6 is 24.8 Å². The fraction of sp³-hybridized carbons (Fsp3) is 0.600. The minimum Gasteiger partial charge on any atom is -0.322 e. The molecule has 0 aliphatic carbocycles. The number of aromatic nitrogens is 3. The quantitative estimate of drug-likeness (QED) is 0.723. The van der Waals surface area contributed by atoms with Crippen molar-refractivity contribution < 1.29 is 0 Å². The van der Waals surface area contributed by atoms with Gasteiger partial charge in [-0.3, -0.25) is 0 Å². The molecule has 1 rings (SSSR count). The lowest BCUT2D eigenvalue weighted by atomic mass is 10.3. The Morgan fingerprint density at radius 1 is 1.55 bits per heavy atom. The zero-order valence-electron chi connectivity index (χ0n) is 6.39. The molecule has 6 heteroatoms. The van der Waals surface area contributed by atoms with E-state index in [4.69, 9.17) is 5.73 Å². The smallest absolute Gasteiger partial charge is 0.149 e. The molecule has 0 saturated heterocycles. The monoisotopic (exact) mass is 198 g/mol. The molecule has 0 aliphatic rings. The minimum atomic E-state index is -0.0301. The highest BCUT2D eigenvalue weighted by atomic mass is 35.5. The first-order valence-electron chi connectivity index (χ1n) is 2.81. The molecule has 1 unspecified atom stereocenters. The van der Waals surface area contributed by atoms with E-state index in [0.717, 1.165) is 5.82 Å².